The molecular weight excluding hydrogens is 228 g/mol. The summed E-state index contributed by atoms with van der Waals surface area (Å²) in [5.74, 6) is 0.241. The van der Waals surface area contributed by atoms with E-state index >= 15 is 0 Å². The summed E-state index contributed by atoms with van der Waals surface area (Å²) in [5, 5.41) is 10.4. The van der Waals surface area contributed by atoms with Crippen molar-refractivity contribution < 1.29 is 14.3 Å². The largest absolute Gasteiger partial charge is 0.464 e. The maximum atomic E-state index is 12.4. The second kappa shape index (κ2) is 3.95. The van der Waals surface area contributed by atoms with Crippen LogP contribution < -0.4 is 0 Å². The quantitative estimate of drug-likeness (QED) is 0.839. The highest BCUT2D eigenvalue weighted by Crippen LogP contribution is 2.36. The molecule has 1 N–H and O–H groups in total. The van der Waals surface area contributed by atoms with E-state index in [9.17, 15) is 9.90 Å². The number of hydrogen-bond donors (Lipinski definition) is 1. The maximum absolute atomic E-state index is 12.4. The van der Waals surface area contributed by atoms with Gasteiger partial charge in [0.2, 0.25) is 0 Å². The molecule has 0 amide bonds. The lowest BCUT2D eigenvalue weighted by Gasteiger charge is -2.23. The van der Waals surface area contributed by atoms with E-state index in [1.54, 1.807) is 6.26 Å². The fourth-order valence-electron chi connectivity index (χ4n) is 2.88. The van der Waals surface area contributed by atoms with Crippen LogP contribution in [0.15, 0.2) is 16.7 Å². The van der Waals surface area contributed by atoms with Gasteiger partial charge in [-0.15, -0.1) is 0 Å². The first-order valence-corrected chi connectivity index (χ1v) is 6.31. The predicted octanol–water partition coefficient (Wildman–Crippen LogP) is 3.00. The van der Waals surface area contributed by atoms with E-state index in [0.29, 0.717) is 5.58 Å². The number of Topliss-reactive ketones (excluding diaryl/α,β-unsaturated/α-hetero) is 1. The number of hydrogen-bond acceptors (Lipinski definition) is 3. The van der Waals surface area contributed by atoms with E-state index in [1.807, 2.05) is 19.9 Å². The number of furan rings is 1. The first kappa shape index (κ1) is 11.5. The van der Waals surface area contributed by atoms with E-state index in [2.05, 4.69) is 0 Å². The third kappa shape index (κ3) is 1.44. The van der Waals surface area contributed by atoms with Gasteiger partial charge in [-0.1, -0.05) is 6.92 Å². The average Bonchev–Trinajstić information content (AvgIpc) is 2.74. The molecule has 3 heteroatoms. The van der Waals surface area contributed by atoms with E-state index in [0.717, 1.165) is 40.5 Å². The van der Waals surface area contributed by atoms with Crippen molar-refractivity contribution in [2.24, 2.45) is 5.92 Å². The molecule has 0 bridgehead atoms. The number of ketones is 1. The van der Waals surface area contributed by atoms with Crippen molar-refractivity contribution in [3.8, 4) is 0 Å². The van der Waals surface area contributed by atoms with Crippen LogP contribution in [0.5, 0.6) is 0 Å². The molecule has 94 valence electrons. The molecule has 0 radical (unpaired) electrons. The summed E-state index contributed by atoms with van der Waals surface area (Å²) in [6.45, 7) is 3.88. The van der Waals surface area contributed by atoms with Crippen molar-refractivity contribution in [1.29, 1.82) is 0 Å². The predicted molar refractivity (Wildman–Crippen MR) is 68.7 cm³/mol. The molecule has 1 atom stereocenters. The third-order valence-corrected chi connectivity index (χ3v) is 3.94. The zero-order valence-electron chi connectivity index (χ0n) is 10.6. The van der Waals surface area contributed by atoms with Gasteiger partial charge in [-0.3, -0.25) is 4.79 Å². The summed E-state index contributed by atoms with van der Waals surface area (Å²) >= 11 is 0. The fourth-order valence-corrected chi connectivity index (χ4v) is 2.88. The number of carbonyl (C=O) groups is 1. The highest BCUT2D eigenvalue weighted by molar-refractivity contribution is 6.11. The first-order chi connectivity index (χ1) is 8.63. The Balaban J connectivity index is 2.42. The molecule has 1 aliphatic carbocycles. The molecule has 0 saturated carbocycles. The van der Waals surface area contributed by atoms with Crippen molar-refractivity contribution in [2.75, 3.05) is 0 Å². The third-order valence-electron chi connectivity index (χ3n) is 3.94. The van der Waals surface area contributed by atoms with Gasteiger partial charge >= 0.3 is 0 Å². The number of benzene rings is 1. The molecule has 3 nitrogen and oxygen atoms in total. The van der Waals surface area contributed by atoms with Crippen molar-refractivity contribution in [2.45, 2.75) is 33.3 Å². The van der Waals surface area contributed by atoms with E-state index in [-0.39, 0.29) is 18.3 Å². The minimum atomic E-state index is -0.0420. The van der Waals surface area contributed by atoms with Gasteiger partial charge in [0.25, 0.3) is 0 Å². The van der Waals surface area contributed by atoms with E-state index < -0.39 is 0 Å². The Bertz CT molecular complexity index is 637. The SMILES string of the molecule is Cc1coc2cc(CO)c3c(c12)C(=O)C(C)CC3. The van der Waals surface area contributed by atoms with Gasteiger partial charge in [-0.05, 0) is 42.5 Å². The van der Waals surface area contributed by atoms with Crippen molar-refractivity contribution in [3.05, 3.63) is 34.6 Å². The Morgan fingerprint density at radius 1 is 1.50 bits per heavy atom. The average molecular weight is 244 g/mol. The van der Waals surface area contributed by atoms with Crippen LogP contribution in [-0.4, -0.2) is 10.9 Å². The monoisotopic (exact) mass is 244 g/mol. The molecular formula is C15H16O3. The van der Waals surface area contributed by atoms with Gasteiger partial charge in [0, 0.05) is 16.9 Å². The molecule has 0 aliphatic heterocycles. The molecule has 0 saturated heterocycles. The number of aryl methyl sites for hydroxylation is 1. The second-order valence-electron chi connectivity index (χ2n) is 5.14. The Morgan fingerprint density at radius 2 is 2.28 bits per heavy atom. The topological polar surface area (TPSA) is 50.4 Å². The lowest BCUT2D eigenvalue weighted by Crippen LogP contribution is -2.21. The van der Waals surface area contributed by atoms with Crippen molar-refractivity contribution >= 4 is 16.8 Å². The van der Waals surface area contributed by atoms with Crippen LogP contribution in [0.1, 0.15) is 40.4 Å². The molecule has 0 spiro atoms. The summed E-state index contributed by atoms with van der Waals surface area (Å²) < 4.78 is 5.48. The lowest BCUT2D eigenvalue weighted by molar-refractivity contribution is 0.0915. The molecule has 1 aromatic heterocycles. The van der Waals surface area contributed by atoms with Gasteiger partial charge < -0.3 is 9.52 Å². The number of aliphatic hydroxyl groups is 1. The van der Waals surface area contributed by atoms with Gasteiger partial charge in [0.15, 0.2) is 5.78 Å². The minimum Gasteiger partial charge on any atom is -0.464 e. The van der Waals surface area contributed by atoms with Crippen LogP contribution in [0.25, 0.3) is 11.0 Å². The highest BCUT2D eigenvalue weighted by Gasteiger charge is 2.29. The Morgan fingerprint density at radius 3 is 3.00 bits per heavy atom. The molecule has 1 aliphatic rings. The van der Waals surface area contributed by atoms with Gasteiger partial charge in [0.05, 0.1) is 12.9 Å². The van der Waals surface area contributed by atoms with Crippen LogP contribution in [-0.2, 0) is 13.0 Å². The molecule has 1 unspecified atom stereocenters. The minimum absolute atomic E-state index is 0.0420. The molecule has 3 rings (SSSR count). The zero-order valence-corrected chi connectivity index (χ0v) is 10.6. The van der Waals surface area contributed by atoms with Gasteiger partial charge in [0.1, 0.15) is 5.58 Å². The van der Waals surface area contributed by atoms with Crippen molar-refractivity contribution in [1.82, 2.24) is 0 Å². The normalized spacial score (nSPS) is 19.3. The number of carbonyl (C=O) groups excluding carboxylic acids is 1. The van der Waals surface area contributed by atoms with Crippen LogP contribution in [0.3, 0.4) is 0 Å². The lowest BCUT2D eigenvalue weighted by atomic mass is 9.79. The summed E-state index contributed by atoms with van der Waals surface area (Å²) in [7, 11) is 0. The number of rotatable bonds is 1. The molecule has 2 aromatic rings. The van der Waals surface area contributed by atoms with Crippen LogP contribution in [0.2, 0.25) is 0 Å². The van der Waals surface area contributed by atoms with Crippen molar-refractivity contribution in [3.63, 3.8) is 0 Å². The first-order valence-electron chi connectivity index (χ1n) is 6.31. The van der Waals surface area contributed by atoms with Gasteiger partial charge in [-0.2, -0.15) is 0 Å². The summed E-state index contributed by atoms with van der Waals surface area (Å²) in [5.41, 5.74) is 4.32. The molecule has 1 heterocycles. The number of aliphatic hydroxyl groups excluding tert-OH is 1. The Hall–Kier alpha value is -1.61. The maximum Gasteiger partial charge on any atom is 0.166 e. The number of fused-ring (bicyclic) bond motifs is 3. The van der Waals surface area contributed by atoms with E-state index in [1.165, 1.54) is 0 Å². The summed E-state index contributed by atoms with van der Waals surface area (Å²) in [4.78, 5) is 12.4. The smallest absolute Gasteiger partial charge is 0.166 e. The van der Waals surface area contributed by atoms with Gasteiger partial charge in [-0.25, -0.2) is 0 Å². The summed E-state index contributed by atoms with van der Waals surface area (Å²) in [6.07, 6.45) is 3.40. The Kier molecular flexibility index (Phi) is 2.52. The fraction of sp³-hybridized carbons (Fsp3) is 0.400. The molecule has 1 aromatic carbocycles. The van der Waals surface area contributed by atoms with Crippen LogP contribution in [0, 0.1) is 12.8 Å². The summed E-state index contributed by atoms with van der Waals surface area (Å²) in [6, 6.07) is 1.87. The molecule has 0 fully saturated rings. The molecule has 18 heavy (non-hydrogen) atoms. The standard InChI is InChI=1S/C15H16O3/c1-8-3-4-11-10(6-16)5-12-13(9(2)7-18-12)14(11)15(8)17/h5,7-8,16H,3-4,6H2,1-2H3. The Labute approximate surface area is 105 Å². The highest BCUT2D eigenvalue weighted by atomic mass is 16.3. The van der Waals surface area contributed by atoms with Crippen LogP contribution in [0.4, 0.5) is 0 Å². The van der Waals surface area contributed by atoms with Crippen LogP contribution >= 0.6 is 0 Å². The van der Waals surface area contributed by atoms with E-state index in [4.69, 9.17) is 4.42 Å². The zero-order chi connectivity index (χ0) is 12.9. The second-order valence-corrected chi connectivity index (χ2v) is 5.14.